The first-order valence-electron chi connectivity index (χ1n) is 7.20. The minimum Gasteiger partial charge on any atom is -0.286 e. The third-order valence-electron chi connectivity index (χ3n) is 3.80. The van der Waals surface area contributed by atoms with Gasteiger partial charge in [-0.25, -0.2) is 9.27 Å². The summed E-state index contributed by atoms with van der Waals surface area (Å²) in [7, 11) is -1.42. The van der Waals surface area contributed by atoms with Gasteiger partial charge in [0, 0.05) is 21.1 Å². The molecule has 1 atom stereocenters. The summed E-state index contributed by atoms with van der Waals surface area (Å²) in [6, 6.07) is 14.8. The van der Waals surface area contributed by atoms with Gasteiger partial charge in [-0.05, 0) is 37.3 Å². The molecule has 0 bridgehead atoms. The van der Waals surface area contributed by atoms with E-state index in [1.54, 1.807) is 3.97 Å². The Kier molecular flexibility index (Phi) is 4.84. The molecular weight excluding hydrogens is 392 g/mol. The van der Waals surface area contributed by atoms with Gasteiger partial charge in [0.25, 0.3) is 0 Å². The number of carbonyl (C=O) groups is 1. The SMILES string of the molecule is Cc1c(CN(O)C=O)c2cc(Br)ccc2n1S(=O)c1ccccc1. The highest BCUT2D eigenvalue weighted by molar-refractivity contribution is 9.10. The van der Waals surface area contributed by atoms with Crippen LogP contribution in [0.2, 0.25) is 0 Å². The van der Waals surface area contributed by atoms with Gasteiger partial charge < -0.3 is 0 Å². The molecule has 0 aliphatic carbocycles. The number of halogens is 1. The lowest BCUT2D eigenvalue weighted by atomic mass is 10.1. The molecule has 2 aromatic carbocycles. The average Bonchev–Trinajstić information content (AvgIpc) is 2.86. The number of amides is 1. The molecule has 7 heteroatoms. The predicted molar refractivity (Wildman–Crippen MR) is 96.0 cm³/mol. The van der Waals surface area contributed by atoms with Crippen molar-refractivity contribution in [2.75, 3.05) is 0 Å². The molecule has 0 saturated carbocycles. The van der Waals surface area contributed by atoms with Crippen LogP contribution in [0.3, 0.4) is 0 Å². The van der Waals surface area contributed by atoms with Gasteiger partial charge in [-0.3, -0.25) is 14.0 Å². The van der Waals surface area contributed by atoms with E-state index in [0.29, 0.717) is 16.4 Å². The molecule has 0 spiro atoms. The maximum Gasteiger partial charge on any atom is 0.233 e. The Balaban J connectivity index is 2.23. The molecule has 0 radical (unpaired) electrons. The number of carbonyl (C=O) groups excluding carboxylic acids is 1. The number of nitrogens with zero attached hydrogens (tertiary/aromatic N) is 2. The maximum absolute atomic E-state index is 13.1. The Bertz CT molecular complexity index is 924. The average molecular weight is 407 g/mol. The Morgan fingerprint density at radius 1 is 1.25 bits per heavy atom. The van der Waals surface area contributed by atoms with E-state index in [1.165, 1.54) is 0 Å². The second-order valence-electron chi connectivity index (χ2n) is 5.29. The molecule has 0 aliphatic heterocycles. The third kappa shape index (κ3) is 3.02. The Hall–Kier alpha value is -1.96. The molecule has 1 aromatic heterocycles. The zero-order chi connectivity index (χ0) is 17.3. The van der Waals surface area contributed by atoms with E-state index in [2.05, 4.69) is 15.9 Å². The predicted octanol–water partition coefficient (Wildman–Crippen LogP) is 3.63. The lowest BCUT2D eigenvalue weighted by Crippen LogP contribution is -2.17. The Morgan fingerprint density at radius 2 is 1.96 bits per heavy atom. The molecule has 5 nitrogen and oxygen atoms in total. The number of hydrogen-bond acceptors (Lipinski definition) is 3. The van der Waals surface area contributed by atoms with Crippen LogP contribution < -0.4 is 0 Å². The first-order valence-corrected chi connectivity index (χ1v) is 9.10. The van der Waals surface area contributed by atoms with Crippen LogP contribution in [0.1, 0.15) is 11.3 Å². The summed E-state index contributed by atoms with van der Waals surface area (Å²) in [6.07, 6.45) is 0.356. The van der Waals surface area contributed by atoms with Gasteiger partial charge >= 0.3 is 0 Å². The van der Waals surface area contributed by atoms with Crippen molar-refractivity contribution in [3.63, 3.8) is 0 Å². The Labute approximate surface area is 150 Å². The molecular formula is C17H15BrN2O3S. The molecule has 3 rings (SSSR count). The third-order valence-corrected chi connectivity index (χ3v) is 5.77. The lowest BCUT2D eigenvalue weighted by Gasteiger charge is -2.10. The topological polar surface area (TPSA) is 62.5 Å². The van der Waals surface area contributed by atoms with Crippen LogP contribution >= 0.6 is 15.9 Å². The van der Waals surface area contributed by atoms with E-state index in [4.69, 9.17) is 0 Å². The number of aromatic nitrogens is 1. The summed E-state index contributed by atoms with van der Waals surface area (Å²) < 4.78 is 15.6. The minimum absolute atomic E-state index is 0.0290. The van der Waals surface area contributed by atoms with Crippen LogP contribution in [0, 0.1) is 6.92 Å². The van der Waals surface area contributed by atoms with Gasteiger partial charge in [-0.1, -0.05) is 34.1 Å². The van der Waals surface area contributed by atoms with E-state index in [1.807, 2.05) is 55.5 Å². The van der Waals surface area contributed by atoms with Gasteiger partial charge in [0.2, 0.25) is 6.41 Å². The minimum atomic E-state index is -1.42. The summed E-state index contributed by atoms with van der Waals surface area (Å²) in [4.78, 5) is 11.5. The summed E-state index contributed by atoms with van der Waals surface area (Å²) in [5, 5.41) is 11.0. The summed E-state index contributed by atoms with van der Waals surface area (Å²) >= 11 is 3.43. The van der Waals surface area contributed by atoms with Gasteiger partial charge in [0.05, 0.1) is 17.0 Å². The number of benzene rings is 2. The number of fused-ring (bicyclic) bond motifs is 1. The molecule has 1 unspecified atom stereocenters. The fraction of sp³-hybridized carbons (Fsp3) is 0.118. The fourth-order valence-corrected chi connectivity index (χ4v) is 4.34. The molecule has 3 aromatic rings. The van der Waals surface area contributed by atoms with Gasteiger partial charge in [-0.2, -0.15) is 0 Å². The van der Waals surface area contributed by atoms with Crippen molar-refractivity contribution >= 4 is 44.2 Å². The van der Waals surface area contributed by atoms with E-state index in [-0.39, 0.29) is 6.54 Å². The molecule has 0 fully saturated rings. The highest BCUT2D eigenvalue weighted by Crippen LogP contribution is 2.31. The first kappa shape index (κ1) is 16.9. The van der Waals surface area contributed by atoms with Crippen LogP contribution in [0.5, 0.6) is 0 Å². The van der Waals surface area contributed by atoms with E-state index < -0.39 is 11.0 Å². The second-order valence-corrected chi connectivity index (χ2v) is 7.54. The van der Waals surface area contributed by atoms with Crippen LogP contribution in [-0.2, 0) is 22.3 Å². The van der Waals surface area contributed by atoms with E-state index in [9.17, 15) is 14.2 Å². The highest BCUT2D eigenvalue weighted by Gasteiger charge is 2.20. The number of rotatable bonds is 5. The zero-order valence-corrected chi connectivity index (χ0v) is 15.3. The van der Waals surface area contributed by atoms with Crippen molar-refractivity contribution in [1.82, 2.24) is 9.04 Å². The largest absolute Gasteiger partial charge is 0.286 e. The molecule has 1 heterocycles. The molecule has 0 saturated heterocycles. The quantitative estimate of drug-likeness (QED) is 0.399. The van der Waals surface area contributed by atoms with Gasteiger partial charge in [0.15, 0.2) is 11.0 Å². The van der Waals surface area contributed by atoms with Crippen molar-refractivity contribution in [2.24, 2.45) is 0 Å². The molecule has 24 heavy (non-hydrogen) atoms. The van der Waals surface area contributed by atoms with Crippen molar-refractivity contribution < 1.29 is 14.2 Å². The van der Waals surface area contributed by atoms with E-state index in [0.717, 1.165) is 26.6 Å². The van der Waals surface area contributed by atoms with Crippen molar-refractivity contribution in [3.8, 4) is 0 Å². The van der Waals surface area contributed by atoms with Crippen LogP contribution in [0.15, 0.2) is 57.9 Å². The summed E-state index contributed by atoms with van der Waals surface area (Å²) in [6.45, 7) is 1.87. The van der Waals surface area contributed by atoms with Crippen molar-refractivity contribution in [3.05, 3.63) is 64.3 Å². The fourth-order valence-electron chi connectivity index (χ4n) is 2.68. The monoisotopic (exact) mass is 406 g/mol. The van der Waals surface area contributed by atoms with Crippen LogP contribution in [0.4, 0.5) is 0 Å². The highest BCUT2D eigenvalue weighted by atomic mass is 79.9. The second kappa shape index (κ2) is 6.88. The Morgan fingerprint density at radius 3 is 2.62 bits per heavy atom. The molecule has 124 valence electrons. The summed E-state index contributed by atoms with van der Waals surface area (Å²) in [5.41, 5.74) is 2.28. The van der Waals surface area contributed by atoms with Crippen LogP contribution in [-0.4, -0.2) is 24.9 Å². The normalized spacial score (nSPS) is 12.3. The molecule has 1 amide bonds. The van der Waals surface area contributed by atoms with E-state index >= 15 is 0 Å². The van der Waals surface area contributed by atoms with Gasteiger partial charge in [-0.15, -0.1) is 0 Å². The smallest absolute Gasteiger partial charge is 0.233 e. The van der Waals surface area contributed by atoms with Crippen LogP contribution in [0.25, 0.3) is 10.9 Å². The standard InChI is InChI=1S/C17H15BrN2O3S/c1-12-16(10-19(22)11-21)15-9-13(18)7-8-17(15)20(12)24(23)14-5-3-2-4-6-14/h2-9,11,22H,10H2,1H3. The van der Waals surface area contributed by atoms with Gasteiger partial charge in [0.1, 0.15) is 0 Å². The zero-order valence-electron chi connectivity index (χ0n) is 12.8. The summed E-state index contributed by atoms with van der Waals surface area (Å²) in [5.74, 6) is 0. The number of hydroxylamine groups is 2. The lowest BCUT2D eigenvalue weighted by molar-refractivity contribution is -0.152. The molecule has 0 aliphatic rings. The maximum atomic E-state index is 13.1. The van der Waals surface area contributed by atoms with Crippen molar-refractivity contribution in [2.45, 2.75) is 18.4 Å². The molecule has 1 N–H and O–H groups in total. The van der Waals surface area contributed by atoms with Crippen molar-refractivity contribution in [1.29, 1.82) is 0 Å². The first-order chi connectivity index (χ1) is 11.5. The number of hydrogen-bond donors (Lipinski definition) is 1.